The fourth-order valence-electron chi connectivity index (χ4n) is 1.07. The standard InChI is InChI=1S/C11H16O2S/c1-3-4-5-6-10-11(9-14-2)13-8-7-12-10/h4-6,9H,3,7-8H2,1-2H3/b5-4-,10-6+,11-9+. The van der Waals surface area contributed by atoms with Crippen LogP contribution in [-0.4, -0.2) is 19.5 Å². The second-order valence-corrected chi connectivity index (χ2v) is 3.49. The quantitative estimate of drug-likeness (QED) is 0.716. The molecule has 0 aromatic heterocycles. The summed E-state index contributed by atoms with van der Waals surface area (Å²) in [5.41, 5.74) is 0. The summed E-state index contributed by atoms with van der Waals surface area (Å²) in [6.07, 6.45) is 9.07. The van der Waals surface area contributed by atoms with Crippen molar-refractivity contribution in [2.45, 2.75) is 13.3 Å². The zero-order valence-electron chi connectivity index (χ0n) is 8.66. The molecule has 1 saturated heterocycles. The van der Waals surface area contributed by atoms with Crippen LogP contribution >= 0.6 is 11.8 Å². The number of thioether (sulfide) groups is 1. The maximum Gasteiger partial charge on any atom is 0.167 e. The number of allylic oxidation sites excluding steroid dienone is 3. The fourth-order valence-corrected chi connectivity index (χ4v) is 1.46. The van der Waals surface area contributed by atoms with Crippen molar-refractivity contribution in [3.05, 3.63) is 35.2 Å². The summed E-state index contributed by atoms with van der Waals surface area (Å²) in [5, 5.41) is 1.96. The van der Waals surface area contributed by atoms with Gasteiger partial charge in [-0.25, -0.2) is 0 Å². The molecule has 0 unspecified atom stereocenters. The van der Waals surface area contributed by atoms with Crippen LogP contribution in [0.3, 0.4) is 0 Å². The molecule has 0 bridgehead atoms. The molecule has 1 rings (SSSR count). The Bertz CT molecular complexity index is 254. The molecule has 0 aliphatic carbocycles. The van der Waals surface area contributed by atoms with Crippen LogP contribution in [0.5, 0.6) is 0 Å². The molecule has 1 aliphatic rings. The first-order valence-corrected chi connectivity index (χ1v) is 6.03. The molecular weight excluding hydrogens is 196 g/mol. The van der Waals surface area contributed by atoms with Crippen molar-refractivity contribution in [3.63, 3.8) is 0 Å². The Morgan fingerprint density at radius 2 is 2.00 bits per heavy atom. The molecule has 14 heavy (non-hydrogen) atoms. The van der Waals surface area contributed by atoms with Crippen molar-refractivity contribution in [1.29, 1.82) is 0 Å². The molecule has 0 amide bonds. The van der Waals surface area contributed by atoms with Crippen LogP contribution in [0.4, 0.5) is 0 Å². The second-order valence-electron chi connectivity index (χ2n) is 2.78. The summed E-state index contributed by atoms with van der Waals surface area (Å²) < 4.78 is 11.0. The van der Waals surface area contributed by atoms with E-state index in [0.29, 0.717) is 13.2 Å². The molecule has 0 N–H and O–H groups in total. The Morgan fingerprint density at radius 1 is 1.29 bits per heavy atom. The predicted molar refractivity (Wildman–Crippen MR) is 61.0 cm³/mol. The van der Waals surface area contributed by atoms with Crippen molar-refractivity contribution in [1.82, 2.24) is 0 Å². The van der Waals surface area contributed by atoms with E-state index in [1.54, 1.807) is 11.8 Å². The SMILES string of the molecule is CC\C=C/C=C1/OCCO/C1=C/SC. The van der Waals surface area contributed by atoms with Crippen molar-refractivity contribution in [3.8, 4) is 0 Å². The molecule has 0 saturated carbocycles. The summed E-state index contributed by atoms with van der Waals surface area (Å²) in [5.74, 6) is 1.67. The van der Waals surface area contributed by atoms with Crippen LogP contribution in [-0.2, 0) is 9.47 Å². The number of hydrogen-bond acceptors (Lipinski definition) is 3. The largest absolute Gasteiger partial charge is 0.486 e. The molecule has 1 heterocycles. The van der Waals surface area contributed by atoms with E-state index in [9.17, 15) is 0 Å². The van der Waals surface area contributed by atoms with Gasteiger partial charge in [-0.15, -0.1) is 11.8 Å². The summed E-state index contributed by atoms with van der Waals surface area (Å²) in [4.78, 5) is 0. The molecular formula is C11H16O2S. The monoisotopic (exact) mass is 212 g/mol. The van der Waals surface area contributed by atoms with Gasteiger partial charge in [0.2, 0.25) is 0 Å². The summed E-state index contributed by atoms with van der Waals surface area (Å²) in [6, 6.07) is 0. The van der Waals surface area contributed by atoms with Crippen molar-refractivity contribution >= 4 is 11.8 Å². The van der Waals surface area contributed by atoms with Gasteiger partial charge in [0.05, 0.1) is 0 Å². The Kier molecular flexibility index (Phi) is 5.30. The van der Waals surface area contributed by atoms with E-state index in [4.69, 9.17) is 9.47 Å². The van der Waals surface area contributed by atoms with Gasteiger partial charge in [0, 0.05) is 5.41 Å². The highest BCUT2D eigenvalue weighted by Crippen LogP contribution is 2.20. The lowest BCUT2D eigenvalue weighted by Crippen LogP contribution is -2.13. The molecule has 0 aromatic rings. The first kappa shape index (κ1) is 11.2. The topological polar surface area (TPSA) is 18.5 Å². The van der Waals surface area contributed by atoms with Crippen LogP contribution < -0.4 is 0 Å². The van der Waals surface area contributed by atoms with E-state index in [1.165, 1.54) is 0 Å². The highest BCUT2D eigenvalue weighted by atomic mass is 32.2. The maximum absolute atomic E-state index is 5.49. The van der Waals surface area contributed by atoms with Crippen molar-refractivity contribution < 1.29 is 9.47 Å². The average Bonchev–Trinajstić information content (AvgIpc) is 2.21. The van der Waals surface area contributed by atoms with E-state index in [2.05, 4.69) is 13.0 Å². The molecule has 3 heteroatoms. The lowest BCUT2D eigenvalue weighted by atomic mass is 10.3. The normalized spacial score (nSPS) is 22.7. The van der Waals surface area contributed by atoms with Gasteiger partial charge in [-0.1, -0.05) is 19.1 Å². The smallest absolute Gasteiger partial charge is 0.167 e. The van der Waals surface area contributed by atoms with Crippen molar-refractivity contribution in [2.75, 3.05) is 19.5 Å². The van der Waals surface area contributed by atoms with Crippen LogP contribution in [0, 0.1) is 0 Å². The molecule has 78 valence electrons. The second kappa shape index (κ2) is 6.60. The first-order chi connectivity index (χ1) is 6.88. The van der Waals surface area contributed by atoms with Gasteiger partial charge in [0.1, 0.15) is 13.2 Å². The van der Waals surface area contributed by atoms with Crippen molar-refractivity contribution in [2.24, 2.45) is 0 Å². The van der Waals surface area contributed by atoms with Gasteiger partial charge >= 0.3 is 0 Å². The third-order valence-corrected chi connectivity index (χ3v) is 2.14. The molecule has 0 aromatic carbocycles. The van der Waals surface area contributed by atoms with Gasteiger partial charge in [-0.05, 0) is 18.8 Å². The highest BCUT2D eigenvalue weighted by molar-refractivity contribution is 8.01. The molecule has 0 radical (unpaired) electrons. The van der Waals surface area contributed by atoms with Gasteiger partial charge in [-0.3, -0.25) is 0 Å². The third-order valence-electron chi connectivity index (χ3n) is 1.69. The minimum atomic E-state index is 0.636. The zero-order valence-corrected chi connectivity index (χ0v) is 9.47. The molecule has 1 fully saturated rings. The average molecular weight is 212 g/mol. The minimum absolute atomic E-state index is 0.636. The predicted octanol–water partition coefficient (Wildman–Crippen LogP) is 3.09. The van der Waals surface area contributed by atoms with E-state index in [0.717, 1.165) is 17.9 Å². The maximum atomic E-state index is 5.49. The number of hydrogen-bond donors (Lipinski definition) is 0. The van der Waals surface area contributed by atoms with Gasteiger partial charge < -0.3 is 9.47 Å². The van der Waals surface area contributed by atoms with Gasteiger partial charge in [0.25, 0.3) is 0 Å². The lowest BCUT2D eigenvalue weighted by Gasteiger charge is -2.20. The van der Waals surface area contributed by atoms with Crippen LogP contribution in [0.15, 0.2) is 35.2 Å². The molecule has 1 aliphatic heterocycles. The first-order valence-electron chi connectivity index (χ1n) is 4.74. The molecule has 0 atom stereocenters. The number of rotatable bonds is 3. The van der Waals surface area contributed by atoms with Crippen LogP contribution in [0.1, 0.15) is 13.3 Å². The number of ether oxygens (including phenoxy) is 2. The molecule has 2 nitrogen and oxygen atoms in total. The van der Waals surface area contributed by atoms with Gasteiger partial charge in [-0.2, -0.15) is 0 Å². The Hall–Kier alpha value is -0.830. The summed E-state index contributed by atoms with van der Waals surface area (Å²) in [7, 11) is 0. The van der Waals surface area contributed by atoms with E-state index >= 15 is 0 Å². The van der Waals surface area contributed by atoms with Crippen LogP contribution in [0.25, 0.3) is 0 Å². The summed E-state index contributed by atoms with van der Waals surface area (Å²) >= 11 is 1.62. The zero-order chi connectivity index (χ0) is 10.2. The lowest BCUT2D eigenvalue weighted by molar-refractivity contribution is 0.0602. The van der Waals surface area contributed by atoms with E-state index in [-0.39, 0.29) is 0 Å². The minimum Gasteiger partial charge on any atom is -0.486 e. The molecule has 0 spiro atoms. The Morgan fingerprint density at radius 3 is 2.64 bits per heavy atom. The highest BCUT2D eigenvalue weighted by Gasteiger charge is 2.12. The van der Waals surface area contributed by atoms with E-state index < -0.39 is 0 Å². The van der Waals surface area contributed by atoms with E-state index in [1.807, 2.05) is 23.8 Å². The third kappa shape index (κ3) is 3.50. The Balaban J connectivity index is 2.67. The van der Waals surface area contributed by atoms with Crippen LogP contribution in [0.2, 0.25) is 0 Å². The van der Waals surface area contributed by atoms with Gasteiger partial charge in [0.15, 0.2) is 11.5 Å². The summed E-state index contributed by atoms with van der Waals surface area (Å²) in [6.45, 7) is 3.38. The Labute approximate surface area is 89.7 Å². The fraction of sp³-hybridized carbons (Fsp3) is 0.455.